The van der Waals surface area contributed by atoms with Crippen LogP contribution in [0.1, 0.15) is 51.9 Å². The van der Waals surface area contributed by atoms with Gasteiger partial charge in [-0.25, -0.2) is 17.7 Å². The number of nitrogens with one attached hydrogen (secondary N) is 1. The van der Waals surface area contributed by atoms with Crippen LogP contribution in [0.2, 0.25) is 0 Å². The van der Waals surface area contributed by atoms with Crippen LogP contribution in [-0.2, 0) is 14.8 Å². The number of rotatable bonds is 7. The van der Waals surface area contributed by atoms with Gasteiger partial charge in [0.2, 0.25) is 15.9 Å². The molecule has 1 amide bonds. The fraction of sp³-hybridized carbons (Fsp3) is 0.700. The van der Waals surface area contributed by atoms with E-state index in [1.807, 2.05) is 25.3 Å². The molecule has 0 radical (unpaired) electrons. The van der Waals surface area contributed by atoms with Crippen molar-refractivity contribution in [3.63, 3.8) is 0 Å². The van der Waals surface area contributed by atoms with E-state index in [2.05, 4.69) is 15.2 Å². The van der Waals surface area contributed by atoms with Crippen LogP contribution in [0.3, 0.4) is 0 Å². The molecule has 0 atom stereocenters. The normalized spacial score (nSPS) is 19.5. The molecule has 28 heavy (non-hydrogen) atoms. The van der Waals surface area contributed by atoms with Gasteiger partial charge in [0.15, 0.2) is 0 Å². The Morgan fingerprint density at radius 3 is 2.46 bits per heavy atom. The number of unbranched alkanes of at least 4 members (excludes halogenated alkanes) is 1. The van der Waals surface area contributed by atoms with Gasteiger partial charge in [-0.2, -0.15) is 0 Å². The van der Waals surface area contributed by atoms with Crippen molar-refractivity contribution in [3.05, 3.63) is 18.3 Å². The van der Waals surface area contributed by atoms with Crippen molar-refractivity contribution >= 4 is 27.4 Å². The van der Waals surface area contributed by atoms with E-state index in [0.717, 1.165) is 25.2 Å². The fourth-order valence-corrected chi connectivity index (χ4v) is 5.56. The fourth-order valence-electron chi connectivity index (χ4n) is 3.88. The Hall–Kier alpha value is -1.67. The number of amides is 1. The Labute approximate surface area is 168 Å². The van der Waals surface area contributed by atoms with E-state index >= 15 is 0 Å². The van der Waals surface area contributed by atoms with Gasteiger partial charge in [0.05, 0.1) is 17.6 Å². The Morgan fingerprint density at radius 2 is 1.86 bits per heavy atom. The van der Waals surface area contributed by atoms with E-state index in [1.54, 1.807) is 0 Å². The van der Waals surface area contributed by atoms with Crippen LogP contribution in [0.15, 0.2) is 18.3 Å². The summed E-state index contributed by atoms with van der Waals surface area (Å²) >= 11 is 0. The summed E-state index contributed by atoms with van der Waals surface area (Å²) < 4.78 is 26.1. The summed E-state index contributed by atoms with van der Waals surface area (Å²) in [7, 11) is -3.18. The minimum atomic E-state index is -3.18. The van der Waals surface area contributed by atoms with E-state index < -0.39 is 10.0 Å². The molecular formula is C20H32N4O3S. The molecule has 0 bridgehead atoms. The van der Waals surface area contributed by atoms with Crippen molar-refractivity contribution in [1.29, 1.82) is 0 Å². The quantitative estimate of drug-likeness (QED) is 0.750. The summed E-state index contributed by atoms with van der Waals surface area (Å²) in [5.74, 6) is 0.530. The third-order valence-electron chi connectivity index (χ3n) is 5.69. The van der Waals surface area contributed by atoms with Crippen LogP contribution in [0.5, 0.6) is 0 Å². The zero-order valence-corrected chi connectivity index (χ0v) is 17.6. The van der Waals surface area contributed by atoms with E-state index in [0.29, 0.717) is 38.2 Å². The highest BCUT2D eigenvalue weighted by Crippen LogP contribution is 2.23. The zero-order chi connectivity index (χ0) is 20.0. The lowest BCUT2D eigenvalue weighted by Gasteiger charge is -2.30. The number of hydrogen-bond acceptors (Lipinski definition) is 5. The first kappa shape index (κ1) is 21.0. The van der Waals surface area contributed by atoms with E-state index in [1.165, 1.54) is 23.6 Å². The smallest absolute Gasteiger partial charge is 0.228 e. The third kappa shape index (κ3) is 5.44. The molecule has 8 heteroatoms. The summed E-state index contributed by atoms with van der Waals surface area (Å²) in [4.78, 5) is 19.3. The van der Waals surface area contributed by atoms with E-state index in [4.69, 9.17) is 0 Å². The second-order valence-corrected chi connectivity index (χ2v) is 9.87. The first-order valence-corrected chi connectivity index (χ1v) is 12.1. The van der Waals surface area contributed by atoms with Gasteiger partial charge in [-0.05, 0) is 50.7 Å². The molecule has 0 unspecified atom stereocenters. The lowest BCUT2D eigenvalue weighted by atomic mass is 9.97. The van der Waals surface area contributed by atoms with Crippen LogP contribution in [0.25, 0.3) is 0 Å². The number of piperidine rings is 2. The van der Waals surface area contributed by atoms with Gasteiger partial charge >= 0.3 is 0 Å². The third-order valence-corrected chi connectivity index (χ3v) is 7.65. The largest absolute Gasteiger partial charge is 0.370 e. The highest BCUT2D eigenvalue weighted by Gasteiger charge is 2.30. The summed E-state index contributed by atoms with van der Waals surface area (Å²) in [6, 6.07) is 3.86. The molecular weight excluding hydrogens is 376 g/mol. The second-order valence-electron chi connectivity index (χ2n) is 7.78. The van der Waals surface area contributed by atoms with Gasteiger partial charge < -0.3 is 10.2 Å². The van der Waals surface area contributed by atoms with Gasteiger partial charge in [-0.3, -0.25) is 4.79 Å². The Kier molecular flexibility index (Phi) is 7.29. The maximum absolute atomic E-state index is 12.6. The number of carbonyl (C=O) groups is 1. The van der Waals surface area contributed by atoms with Crippen LogP contribution in [0.4, 0.5) is 11.5 Å². The maximum atomic E-state index is 12.6. The van der Waals surface area contributed by atoms with Crippen molar-refractivity contribution in [1.82, 2.24) is 9.29 Å². The molecule has 0 aliphatic carbocycles. The van der Waals surface area contributed by atoms with Crippen LogP contribution in [0, 0.1) is 5.92 Å². The monoisotopic (exact) mass is 408 g/mol. The molecule has 2 saturated heterocycles. The molecule has 7 nitrogen and oxygen atoms in total. The number of anilines is 2. The summed E-state index contributed by atoms with van der Waals surface area (Å²) in [6.07, 6.45) is 8.20. The molecule has 1 aromatic heterocycles. The van der Waals surface area contributed by atoms with Gasteiger partial charge in [-0.1, -0.05) is 13.3 Å². The first-order chi connectivity index (χ1) is 13.5. The highest BCUT2D eigenvalue weighted by molar-refractivity contribution is 7.89. The number of nitrogens with zero attached hydrogens (tertiary/aromatic N) is 3. The average Bonchev–Trinajstić information content (AvgIpc) is 2.73. The molecule has 0 aromatic carbocycles. The van der Waals surface area contributed by atoms with Gasteiger partial charge in [0, 0.05) is 32.1 Å². The highest BCUT2D eigenvalue weighted by atomic mass is 32.2. The first-order valence-electron chi connectivity index (χ1n) is 10.5. The average molecular weight is 409 g/mol. The second kappa shape index (κ2) is 9.69. The van der Waals surface area contributed by atoms with Crippen molar-refractivity contribution in [2.75, 3.05) is 42.1 Å². The number of sulfonamides is 1. The standard InChI is InChI=1S/C20H32N4O3S/c1-2-3-15-28(26,27)24-13-9-17(10-14-24)20(25)22-19-8-7-18(16-21-19)23-11-5-4-6-12-23/h7-8,16-17H,2-6,9-15H2,1H3,(H,21,22,25). The molecule has 2 aliphatic heterocycles. The molecule has 0 saturated carbocycles. The molecule has 3 rings (SSSR count). The van der Waals surface area contributed by atoms with Crippen molar-refractivity contribution < 1.29 is 13.2 Å². The number of carbonyl (C=O) groups excluding carboxylic acids is 1. The number of hydrogen-bond donors (Lipinski definition) is 1. The molecule has 3 heterocycles. The minimum absolute atomic E-state index is 0.0659. The van der Waals surface area contributed by atoms with Gasteiger partial charge in [0.1, 0.15) is 5.82 Å². The number of aromatic nitrogens is 1. The van der Waals surface area contributed by atoms with E-state index in [9.17, 15) is 13.2 Å². The predicted octanol–water partition coefficient (Wildman–Crippen LogP) is 2.85. The van der Waals surface area contributed by atoms with Crippen LogP contribution in [-0.4, -0.2) is 55.5 Å². The van der Waals surface area contributed by atoms with Gasteiger partial charge in [-0.15, -0.1) is 0 Å². The Morgan fingerprint density at radius 1 is 1.14 bits per heavy atom. The van der Waals surface area contributed by atoms with Crippen molar-refractivity contribution in [2.45, 2.75) is 51.9 Å². The number of pyridine rings is 1. The summed E-state index contributed by atoms with van der Waals surface area (Å²) in [6.45, 7) is 4.95. The van der Waals surface area contributed by atoms with Crippen LogP contribution >= 0.6 is 0 Å². The maximum Gasteiger partial charge on any atom is 0.228 e. The SMILES string of the molecule is CCCCS(=O)(=O)N1CCC(C(=O)Nc2ccc(N3CCCCC3)cn2)CC1. The Balaban J connectivity index is 1.49. The van der Waals surface area contributed by atoms with Crippen molar-refractivity contribution in [3.8, 4) is 0 Å². The molecule has 156 valence electrons. The molecule has 0 spiro atoms. The van der Waals surface area contributed by atoms with Crippen molar-refractivity contribution in [2.24, 2.45) is 5.92 Å². The topological polar surface area (TPSA) is 82.6 Å². The Bertz CT molecular complexity index is 737. The molecule has 1 N–H and O–H groups in total. The predicted molar refractivity (Wildman–Crippen MR) is 112 cm³/mol. The lowest BCUT2D eigenvalue weighted by molar-refractivity contribution is -0.120. The zero-order valence-electron chi connectivity index (χ0n) is 16.8. The molecule has 2 fully saturated rings. The summed E-state index contributed by atoms with van der Waals surface area (Å²) in [5.41, 5.74) is 1.10. The van der Waals surface area contributed by atoms with E-state index in [-0.39, 0.29) is 17.6 Å². The molecule has 1 aromatic rings. The van der Waals surface area contributed by atoms with Crippen LogP contribution < -0.4 is 10.2 Å². The summed E-state index contributed by atoms with van der Waals surface area (Å²) in [5, 5.41) is 2.89. The van der Waals surface area contributed by atoms with Gasteiger partial charge in [0.25, 0.3) is 0 Å². The molecule has 2 aliphatic rings. The minimum Gasteiger partial charge on any atom is -0.370 e. The lowest BCUT2D eigenvalue weighted by Crippen LogP contribution is -2.42.